The number of nitrogens with zero attached hydrogens (tertiary/aromatic N) is 1. The molecule has 0 heterocycles. The normalized spacial score (nSPS) is 12.7. The zero-order valence-corrected chi connectivity index (χ0v) is 11.7. The lowest BCUT2D eigenvalue weighted by Gasteiger charge is -2.28. The van der Waals surface area contributed by atoms with Gasteiger partial charge < -0.3 is 5.11 Å². The molecule has 18 heavy (non-hydrogen) atoms. The van der Waals surface area contributed by atoms with Crippen LogP contribution in [0.15, 0.2) is 18.2 Å². The summed E-state index contributed by atoms with van der Waals surface area (Å²) < 4.78 is 0. The molecule has 100 valence electrons. The molecule has 0 amide bonds. The van der Waals surface area contributed by atoms with Crippen LogP contribution >= 0.6 is 0 Å². The number of benzene rings is 1. The van der Waals surface area contributed by atoms with Gasteiger partial charge in [-0.2, -0.15) is 0 Å². The number of carboxylic acids is 1. The molecule has 3 heteroatoms. The summed E-state index contributed by atoms with van der Waals surface area (Å²) in [6, 6.07) is 6.49. The van der Waals surface area contributed by atoms with Crippen LogP contribution in [-0.2, 0) is 4.79 Å². The molecular weight excluding hydrogens is 226 g/mol. The van der Waals surface area contributed by atoms with Crippen LogP contribution in [0.4, 0.5) is 0 Å². The Bertz CT molecular complexity index is 415. The summed E-state index contributed by atoms with van der Waals surface area (Å²) in [5, 5.41) is 8.98. The van der Waals surface area contributed by atoms with Gasteiger partial charge in [0, 0.05) is 6.04 Å². The summed E-state index contributed by atoms with van der Waals surface area (Å²) in [6.45, 7) is 9.22. The molecule has 1 rings (SSSR count). The van der Waals surface area contributed by atoms with Gasteiger partial charge in [-0.25, -0.2) is 0 Å². The lowest BCUT2D eigenvalue weighted by molar-refractivity contribution is -0.138. The molecular formula is C15H23NO2. The minimum Gasteiger partial charge on any atom is -0.480 e. The zero-order valence-electron chi connectivity index (χ0n) is 11.7. The fourth-order valence-corrected chi connectivity index (χ4v) is 2.36. The second-order valence-corrected chi connectivity index (χ2v) is 4.90. The van der Waals surface area contributed by atoms with Gasteiger partial charge in [0.05, 0.1) is 6.54 Å². The van der Waals surface area contributed by atoms with Gasteiger partial charge in [0.2, 0.25) is 0 Å². The van der Waals surface area contributed by atoms with Crippen LogP contribution in [0.1, 0.15) is 43.0 Å². The van der Waals surface area contributed by atoms with Crippen LogP contribution < -0.4 is 0 Å². The van der Waals surface area contributed by atoms with Gasteiger partial charge in [-0.15, -0.1) is 0 Å². The van der Waals surface area contributed by atoms with Crippen molar-refractivity contribution >= 4 is 5.97 Å². The van der Waals surface area contributed by atoms with E-state index in [9.17, 15) is 4.79 Å². The molecule has 0 aliphatic rings. The van der Waals surface area contributed by atoms with Crippen molar-refractivity contribution in [3.8, 4) is 0 Å². The second-order valence-electron chi connectivity index (χ2n) is 4.90. The van der Waals surface area contributed by atoms with E-state index in [1.54, 1.807) is 0 Å². The average Bonchev–Trinajstić information content (AvgIpc) is 2.27. The topological polar surface area (TPSA) is 40.5 Å². The van der Waals surface area contributed by atoms with Crippen molar-refractivity contribution in [1.82, 2.24) is 4.90 Å². The van der Waals surface area contributed by atoms with Crippen LogP contribution in [0.2, 0.25) is 0 Å². The number of aryl methyl sites for hydroxylation is 2. The van der Waals surface area contributed by atoms with E-state index in [2.05, 4.69) is 45.9 Å². The summed E-state index contributed by atoms with van der Waals surface area (Å²) in [4.78, 5) is 12.9. The first-order valence-corrected chi connectivity index (χ1v) is 6.48. The summed E-state index contributed by atoms with van der Waals surface area (Å²) >= 11 is 0. The molecule has 1 aromatic rings. The molecule has 0 aliphatic carbocycles. The van der Waals surface area contributed by atoms with E-state index < -0.39 is 5.97 Å². The average molecular weight is 249 g/mol. The number of aliphatic carboxylic acids is 1. The maximum Gasteiger partial charge on any atom is 0.317 e. The Morgan fingerprint density at radius 3 is 2.56 bits per heavy atom. The summed E-state index contributed by atoms with van der Waals surface area (Å²) in [7, 11) is 0. The molecule has 1 aromatic carbocycles. The van der Waals surface area contributed by atoms with Gasteiger partial charge in [0.15, 0.2) is 0 Å². The van der Waals surface area contributed by atoms with Crippen molar-refractivity contribution in [2.75, 3.05) is 13.1 Å². The van der Waals surface area contributed by atoms with Crippen LogP contribution in [0, 0.1) is 13.8 Å². The van der Waals surface area contributed by atoms with Crippen LogP contribution in [0.5, 0.6) is 0 Å². The minimum atomic E-state index is -0.764. The minimum absolute atomic E-state index is 0.0995. The molecule has 0 aromatic heterocycles. The zero-order chi connectivity index (χ0) is 13.7. The van der Waals surface area contributed by atoms with E-state index in [0.29, 0.717) is 0 Å². The summed E-state index contributed by atoms with van der Waals surface area (Å²) in [5.41, 5.74) is 3.69. The standard InChI is InChI=1S/C15H23NO2/c1-5-8-16(10-15(17)18)13(4)14-7-6-11(2)9-12(14)3/h6-7,9,13H,5,8,10H2,1-4H3,(H,17,18). The number of carboxylic acid groups (broad SMARTS) is 1. The van der Waals surface area contributed by atoms with E-state index in [1.165, 1.54) is 16.7 Å². The number of carbonyl (C=O) groups is 1. The maximum absolute atomic E-state index is 10.9. The highest BCUT2D eigenvalue weighted by atomic mass is 16.4. The van der Waals surface area contributed by atoms with Crippen molar-refractivity contribution in [2.24, 2.45) is 0 Å². The van der Waals surface area contributed by atoms with Gasteiger partial charge in [-0.05, 0) is 44.9 Å². The van der Waals surface area contributed by atoms with E-state index in [1.807, 2.05) is 4.90 Å². The van der Waals surface area contributed by atoms with Crippen molar-refractivity contribution < 1.29 is 9.90 Å². The largest absolute Gasteiger partial charge is 0.480 e. The van der Waals surface area contributed by atoms with E-state index in [4.69, 9.17) is 5.11 Å². The van der Waals surface area contributed by atoms with Crippen molar-refractivity contribution in [3.63, 3.8) is 0 Å². The number of rotatable bonds is 6. The smallest absolute Gasteiger partial charge is 0.317 e. The van der Waals surface area contributed by atoms with Gasteiger partial charge in [0.1, 0.15) is 0 Å². The predicted molar refractivity (Wildman–Crippen MR) is 73.8 cm³/mol. The Hall–Kier alpha value is -1.35. The summed E-state index contributed by atoms with van der Waals surface area (Å²) in [6.07, 6.45) is 0.961. The van der Waals surface area contributed by atoms with E-state index in [-0.39, 0.29) is 12.6 Å². The van der Waals surface area contributed by atoms with Crippen molar-refractivity contribution in [2.45, 2.75) is 40.2 Å². The molecule has 0 aliphatic heterocycles. The Morgan fingerprint density at radius 1 is 1.39 bits per heavy atom. The Kier molecular flexibility index (Phi) is 5.35. The first-order valence-electron chi connectivity index (χ1n) is 6.48. The third kappa shape index (κ3) is 3.84. The third-order valence-corrected chi connectivity index (χ3v) is 3.27. The Labute approximate surface area is 109 Å². The van der Waals surface area contributed by atoms with Crippen LogP contribution in [-0.4, -0.2) is 29.1 Å². The molecule has 0 saturated heterocycles. The number of hydrogen-bond donors (Lipinski definition) is 1. The Balaban J connectivity index is 2.93. The van der Waals surface area contributed by atoms with E-state index in [0.717, 1.165) is 13.0 Å². The molecule has 1 atom stereocenters. The highest BCUT2D eigenvalue weighted by Gasteiger charge is 2.18. The van der Waals surface area contributed by atoms with Crippen LogP contribution in [0.25, 0.3) is 0 Å². The molecule has 0 bridgehead atoms. The van der Waals surface area contributed by atoms with Gasteiger partial charge in [0.25, 0.3) is 0 Å². The first kappa shape index (κ1) is 14.7. The quantitative estimate of drug-likeness (QED) is 0.842. The van der Waals surface area contributed by atoms with Gasteiger partial charge in [-0.1, -0.05) is 30.7 Å². The highest BCUT2D eigenvalue weighted by molar-refractivity contribution is 5.69. The lowest BCUT2D eigenvalue weighted by atomic mass is 9.99. The second kappa shape index (κ2) is 6.55. The highest BCUT2D eigenvalue weighted by Crippen LogP contribution is 2.24. The molecule has 1 unspecified atom stereocenters. The maximum atomic E-state index is 10.9. The molecule has 0 spiro atoms. The van der Waals surface area contributed by atoms with Crippen molar-refractivity contribution in [1.29, 1.82) is 0 Å². The molecule has 3 nitrogen and oxygen atoms in total. The fraction of sp³-hybridized carbons (Fsp3) is 0.533. The monoisotopic (exact) mass is 249 g/mol. The van der Waals surface area contributed by atoms with Crippen molar-refractivity contribution in [3.05, 3.63) is 34.9 Å². The Morgan fingerprint density at radius 2 is 2.06 bits per heavy atom. The SMILES string of the molecule is CCCN(CC(=O)O)C(C)c1ccc(C)cc1C. The fourth-order valence-electron chi connectivity index (χ4n) is 2.36. The van der Waals surface area contributed by atoms with E-state index >= 15 is 0 Å². The molecule has 0 radical (unpaired) electrons. The van der Waals surface area contributed by atoms with Gasteiger partial charge in [-0.3, -0.25) is 9.69 Å². The van der Waals surface area contributed by atoms with Gasteiger partial charge >= 0.3 is 5.97 Å². The predicted octanol–water partition coefficient (Wildman–Crippen LogP) is 3.16. The molecule has 1 N–H and O–H groups in total. The molecule has 0 saturated carbocycles. The number of hydrogen-bond acceptors (Lipinski definition) is 2. The first-order chi connectivity index (χ1) is 8.45. The lowest BCUT2D eigenvalue weighted by Crippen LogP contribution is -2.33. The van der Waals surface area contributed by atoms with Crippen LogP contribution in [0.3, 0.4) is 0 Å². The third-order valence-electron chi connectivity index (χ3n) is 3.27. The molecule has 0 fully saturated rings. The summed E-state index contributed by atoms with van der Waals surface area (Å²) in [5.74, 6) is -0.764.